The summed E-state index contributed by atoms with van der Waals surface area (Å²) in [5.41, 5.74) is 0. The Kier molecular flexibility index (Phi) is 15.7. The van der Waals surface area contributed by atoms with Crippen LogP contribution in [-0.2, 0) is 20.0 Å². The molecule has 0 fully saturated rings. The summed E-state index contributed by atoms with van der Waals surface area (Å²) in [6.45, 7) is 2.15. The summed E-state index contributed by atoms with van der Waals surface area (Å²) < 4.78 is 8.74. The normalized spacial score (nSPS) is 8.67. The van der Waals surface area contributed by atoms with Gasteiger partial charge in [0, 0.05) is 0 Å². The fraction of sp³-hybridized carbons (Fsp3) is 1.00. The van der Waals surface area contributed by atoms with Crippen molar-refractivity contribution in [3.05, 3.63) is 0 Å². The molecule has 0 unspecified atom stereocenters. The minimum absolute atomic E-state index is 0.969. The fourth-order valence-corrected chi connectivity index (χ4v) is 0.461. The maximum absolute atomic E-state index is 8.74. The van der Waals surface area contributed by atoms with E-state index in [1.54, 1.807) is 0 Å². The number of hydrogen-bond donors (Lipinski definition) is 2. The maximum atomic E-state index is 8.74. The predicted octanol–water partition coefficient (Wildman–Crippen LogP) is 1.11. The maximum Gasteiger partial charge on any atom is 0.314 e. The molecule has 0 aliphatic heterocycles. The van der Waals surface area contributed by atoms with Gasteiger partial charge in [0.05, 0.1) is 0 Å². The Morgan fingerprint density at radius 2 is 1.89 bits per heavy atom. The van der Waals surface area contributed by atoms with E-state index in [1.807, 2.05) is 0 Å². The van der Waals surface area contributed by atoms with Gasteiger partial charge in [0.1, 0.15) is 0 Å². The van der Waals surface area contributed by atoms with E-state index in [0.29, 0.717) is 0 Å². The first kappa shape index (κ1) is 12.3. The van der Waals surface area contributed by atoms with Gasteiger partial charge in [0.15, 0.2) is 0 Å². The quantitative estimate of drug-likeness (QED) is 0.515. The second-order valence-corrected chi connectivity index (χ2v) is 2.35. The van der Waals surface area contributed by atoms with Crippen molar-refractivity contribution in [2.75, 3.05) is 0 Å². The van der Waals surface area contributed by atoms with E-state index in [0.717, 1.165) is 5.39 Å². The van der Waals surface area contributed by atoms with Crippen LogP contribution in [-0.4, -0.2) is 9.79 Å². The molecular formula is C4H12NiO3P. The van der Waals surface area contributed by atoms with Crippen LogP contribution in [0.5, 0.6) is 0 Å². The molecule has 0 amide bonds. The van der Waals surface area contributed by atoms with Gasteiger partial charge in [-0.25, -0.2) is 0 Å². The Hall–Kier alpha value is 0.644. The molecule has 2 N–H and O–H groups in total. The van der Waals surface area contributed by atoms with E-state index in [2.05, 4.69) is 22.4 Å². The first-order valence-electron chi connectivity index (χ1n) is 2.58. The Morgan fingerprint density at radius 3 is 1.89 bits per heavy atom. The SMILES string of the molecule is CCC[CH2][Ni].O=[PH](O)O. The van der Waals surface area contributed by atoms with E-state index in [1.165, 1.54) is 12.8 Å². The van der Waals surface area contributed by atoms with Crippen molar-refractivity contribution in [1.29, 1.82) is 0 Å². The predicted molar refractivity (Wildman–Crippen MR) is 33.2 cm³/mol. The van der Waals surface area contributed by atoms with Gasteiger partial charge in [0.2, 0.25) is 0 Å². The molecule has 0 bridgehead atoms. The third-order valence-electron chi connectivity index (χ3n) is 0.465. The van der Waals surface area contributed by atoms with Crippen molar-refractivity contribution >= 4 is 8.25 Å². The molecule has 0 spiro atoms. The van der Waals surface area contributed by atoms with E-state index >= 15 is 0 Å². The molecule has 0 aromatic carbocycles. The average Bonchev–Trinajstić information content (AvgIpc) is 1.66. The van der Waals surface area contributed by atoms with Crippen LogP contribution in [0.1, 0.15) is 19.8 Å². The summed E-state index contributed by atoms with van der Waals surface area (Å²) in [5.74, 6) is 0. The molecule has 0 saturated heterocycles. The average molecular weight is 198 g/mol. The zero-order valence-electron chi connectivity index (χ0n) is 5.24. The third-order valence-corrected chi connectivity index (χ3v) is 0.815. The van der Waals surface area contributed by atoms with Crippen molar-refractivity contribution in [3.8, 4) is 0 Å². The topological polar surface area (TPSA) is 57.5 Å². The molecule has 0 saturated carbocycles. The van der Waals surface area contributed by atoms with Crippen LogP contribution < -0.4 is 0 Å². The van der Waals surface area contributed by atoms with Crippen LogP contribution in [0.25, 0.3) is 0 Å². The van der Waals surface area contributed by atoms with Crippen molar-refractivity contribution in [2.24, 2.45) is 0 Å². The van der Waals surface area contributed by atoms with E-state index in [-0.39, 0.29) is 0 Å². The molecule has 0 aromatic heterocycles. The molecule has 0 heterocycles. The zero-order chi connectivity index (χ0) is 7.70. The van der Waals surface area contributed by atoms with Gasteiger partial charge in [-0.1, -0.05) is 0 Å². The van der Waals surface area contributed by atoms with Crippen LogP contribution in [0.3, 0.4) is 0 Å². The van der Waals surface area contributed by atoms with Crippen molar-refractivity contribution < 1.29 is 29.8 Å². The van der Waals surface area contributed by atoms with Crippen LogP contribution in [0.2, 0.25) is 5.39 Å². The van der Waals surface area contributed by atoms with Gasteiger partial charge in [-0.2, -0.15) is 0 Å². The number of unbranched alkanes of at least 4 members (excludes halogenated alkanes) is 1. The molecule has 61 valence electrons. The van der Waals surface area contributed by atoms with Gasteiger partial charge in [0.25, 0.3) is 0 Å². The second kappa shape index (κ2) is 11.4. The number of rotatable bonds is 2. The molecule has 0 aliphatic rings. The molecule has 0 atom stereocenters. The Balaban J connectivity index is 0. The molecule has 3 nitrogen and oxygen atoms in total. The van der Waals surface area contributed by atoms with Crippen LogP contribution in [0.15, 0.2) is 0 Å². The molecule has 0 radical (unpaired) electrons. The second-order valence-electron chi connectivity index (χ2n) is 1.29. The minimum atomic E-state index is -3.13. The summed E-state index contributed by atoms with van der Waals surface area (Å²) in [4.78, 5) is 14.3. The Bertz CT molecular complexity index is 62.8. The van der Waals surface area contributed by atoms with E-state index in [4.69, 9.17) is 14.4 Å². The summed E-state index contributed by atoms with van der Waals surface area (Å²) in [6.07, 6.45) is 2.47. The third kappa shape index (κ3) is 54.6. The first-order chi connectivity index (χ1) is 4.15. The molecule has 0 aliphatic carbocycles. The first-order valence-corrected chi connectivity index (χ1v) is 4.58. The van der Waals surface area contributed by atoms with Gasteiger partial charge in [-0.05, 0) is 0 Å². The summed E-state index contributed by atoms with van der Waals surface area (Å²) in [7, 11) is -3.13. The summed E-state index contributed by atoms with van der Waals surface area (Å²) in [5, 5.41) is 0.969. The van der Waals surface area contributed by atoms with Gasteiger partial charge in [-0.15, -0.1) is 0 Å². The molecule has 5 heteroatoms. The van der Waals surface area contributed by atoms with Crippen LogP contribution in [0, 0.1) is 0 Å². The molecular weight excluding hydrogens is 186 g/mol. The van der Waals surface area contributed by atoms with Gasteiger partial charge >= 0.3 is 48.9 Å². The van der Waals surface area contributed by atoms with Crippen molar-refractivity contribution in [2.45, 2.75) is 25.2 Å². The molecule has 0 aromatic rings. The van der Waals surface area contributed by atoms with Gasteiger partial charge in [-0.3, -0.25) is 4.57 Å². The standard InChI is InChI=1S/C4H9.Ni.H3O3P/c1-3-4-2;;1-4(2)3/h1,3-4H2,2H3;;4H,(H2,1,2,3). The largest absolute Gasteiger partial charge is 0.326 e. The zero-order valence-corrected chi connectivity index (χ0v) is 7.23. The summed E-state index contributed by atoms with van der Waals surface area (Å²) >= 11 is 4.41. The van der Waals surface area contributed by atoms with E-state index < -0.39 is 8.25 Å². The monoisotopic (exact) mass is 197 g/mol. The fourth-order valence-electron chi connectivity index (χ4n) is 0.112. The minimum Gasteiger partial charge on any atom is -0.326 e. The van der Waals surface area contributed by atoms with Crippen molar-refractivity contribution in [1.82, 2.24) is 0 Å². The number of hydrogen-bond acceptors (Lipinski definition) is 1. The van der Waals surface area contributed by atoms with Crippen LogP contribution >= 0.6 is 8.25 Å². The van der Waals surface area contributed by atoms with Crippen LogP contribution in [0.4, 0.5) is 0 Å². The molecule has 9 heavy (non-hydrogen) atoms. The van der Waals surface area contributed by atoms with E-state index in [9.17, 15) is 0 Å². The Labute approximate surface area is 63.8 Å². The smallest absolute Gasteiger partial charge is 0.314 e. The van der Waals surface area contributed by atoms with Crippen molar-refractivity contribution in [3.63, 3.8) is 0 Å². The summed E-state index contributed by atoms with van der Waals surface area (Å²) in [6, 6.07) is 0. The van der Waals surface area contributed by atoms with Gasteiger partial charge < -0.3 is 9.79 Å². The Morgan fingerprint density at radius 1 is 1.56 bits per heavy atom. The molecule has 0 rings (SSSR count).